The van der Waals surface area contributed by atoms with E-state index in [1.165, 1.54) is 5.56 Å². The Bertz CT molecular complexity index is 822. The third kappa shape index (κ3) is 4.00. The first kappa shape index (κ1) is 18.0. The van der Waals surface area contributed by atoms with E-state index in [2.05, 4.69) is 52.9 Å². The third-order valence-electron chi connectivity index (χ3n) is 5.72. The zero-order valence-electron chi connectivity index (χ0n) is 16.1. The van der Waals surface area contributed by atoms with E-state index in [0.29, 0.717) is 24.5 Å². The first-order valence-corrected chi connectivity index (χ1v) is 9.88. The lowest BCUT2D eigenvalue weighted by molar-refractivity contribution is 0.0529. The van der Waals surface area contributed by atoms with Gasteiger partial charge in [-0.05, 0) is 31.2 Å². The molecule has 4 rings (SSSR count). The van der Waals surface area contributed by atoms with Crippen LogP contribution < -0.4 is 15.4 Å². The average molecular weight is 368 g/mol. The molecule has 2 aliphatic heterocycles. The Morgan fingerprint density at radius 2 is 2.04 bits per heavy atom. The second-order valence-electron chi connectivity index (χ2n) is 7.77. The van der Waals surface area contributed by atoms with Crippen LogP contribution in [0.3, 0.4) is 0 Å². The minimum absolute atomic E-state index is 0.0906. The topological polar surface area (TPSA) is 61.5 Å². The van der Waals surface area contributed by atoms with E-state index in [-0.39, 0.29) is 11.7 Å². The van der Waals surface area contributed by atoms with Crippen LogP contribution in [0.2, 0.25) is 0 Å². The van der Waals surface area contributed by atoms with E-state index in [4.69, 9.17) is 9.72 Å². The standard InChI is InChI=1S/C21H28N4O2/c1-15-8-9-25(18(15)12-17-6-4-3-5-7-17)21-22-19(13-20(26)23-21)24-10-11-27-16(2)14-24/h3-7,13,15-16,18H,8-12,14H2,1-2H3,(H,22,23,26)/t15-,16+,18+/m0/s1. The number of hydrogen-bond donors (Lipinski definition) is 1. The lowest BCUT2D eigenvalue weighted by atomic mass is 9.96. The molecule has 0 bridgehead atoms. The van der Waals surface area contributed by atoms with Crippen molar-refractivity contribution in [3.05, 3.63) is 52.3 Å². The lowest BCUT2D eigenvalue weighted by Gasteiger charge is -2.33. The Hall–Kier alpha value is -2.34. The highest BCUT2D eigenvalue weighted by Crippen LogP contribution is 2.30. The van der Waals surface area contributed by atoms with Crippen LogP contribution in [0.4, 0.5) is 11.8 Å². The van der Waals surface area contributed by atoms with Crippen LogP contribution in [0.25, 0.3) is 0 Å². The molecule has 6 heteroatoms. The number of anilines is 2. The summed E-state index contributed by atoms with van der Waals surface area (Å²) >= 11 is 0. The first-order valence-electron chi connectivity index (χ1n) is 9.88. The van der Waals surface area contributed by atoms with Crippen molar-refractivity contribution in [1.29, 1.82) is 0 Å². The van der Waals surface area contributed by atoms with Crippen LogP contribution in [-0.4, -0.2) is 48.4 Å². The van der Waals surface area contributed by atoms with Gasteiger partial charge in [-0.1, -0.05) is 37.3 Å². The molecule has 2 fully saturated rings. The van der Waals surface area contributed by atoms with Gasteiger partial charge in [-0.25, -0.2) is 0 Å². The largest absolute Gasteiger partial charge is 0.375 e. The summed E-state index contributed by atoms with van der Waals surface area (Å²) in [6.07, 6.45) is 2.23. The smallest absolute Gasteiger partial charge is 0.254 e. The normalized spacial score (nSPS) is 25.8. The number of nitrogens with zero attached hydrogens (tertiary/aromatic N) is 3. The van der Waals surface area contributed by atoms with E-state index >= 15 is 0 Å². The van der Waals surface area contributed by atoms with E-state index < -0.39 is 0 Å². The molecule has 6 nitrogen and oxygen atoms in total. The van der Waals surface area contributed by atoms with Crippen molar-refractivity contribution < 1.29 is 4.74 Å². The Morgan fingerprint density at radius 3 is 2.81 bits per heavy atom. The van der Waals surface area contributed by atoms with Crippen LogP contribution in [0.1, 0.15) is 25.8 Å². The van der Waals surface area contributed by atoms with Crippen molar-refractivity contribution in [1.82, 2.24) is 9.97 Å². The third-order valence-corrected chi connectivity index (χ3v) is 5.72. The highest BCUT2D eigenvalue weighted by atomic mass is 16.5. The molecule has 0 unspecified atom stereocenters. The maximum absolute atomic E-state index is 12.4. The van der Waals surface area contributed by atoms with Gasteiger partial charge in [-0.2, -0.15) is 4.98 Å². The molecule has 0 spiro atoms. The zero-order chi connectivity index (χ0) is 18.8. The Kier molecular flexibility index (Phi) is 5.16. The van der Waals surface area contributed by atoms with Gasteiger partial charge in [-0.15, -0.1) is 0 Å². The molecule has 1 aromatic carbocycles. The number of rotatable bonds is 4. The molecule has 2 aliphatic rings. The summed E-state index contributed by atoms with van der Waals surface area (Å²) in [6, 6.07) is 12.5. The number of aromatic amines is 1. The van der Waals surface area contributed by atoms with Gasteiger partial charge in [0.15, 0.2) is 0 Å². The molecule has 144 valence electrons. The van der Waals surface area contributed by atoms with Gasteiger partial charge in [0.05, 0.1) is 12.7 Å². The van der Waals surface area contributed by atoms with E-state index in [0.717, 1.165) is 38.3 Å². The van der Waals surface area contributed by atoms with Gasteiger partial charge in [0.1, 0.15) is 5.82 Å². The van der Waals surface area contributed by atoms with Gasteiger partial charge in [-0.3, -0.25) is 9.78 Å². The molecule has 2 aromatic rings. The van der Waals surface area contributed by atoms with Crippen molar-refractivity contribution in [3.8, 4) is 0 Å². The van der Waals surface area contributed by atoms with Gasteiger partial charge in [0.2, 0.25) is 5.95 Å². The molecule has 1 N–H and O–H groups in total. The summed E-state index contributed by atoms with van der Waals surface area (Å²) in [5.74, 6) is 2.01. The summed E-state index contributed by atoms with van der Waals surface area (Å²) in [5.41, 5.74) is 1.23. The fourth-order valence-corrected chi connectivity index (χ4v) is 4.19. The molecule has 3 heterocycles. The van der Waals surface area contributed by atoms with Crippen LogP contribution >= 0.6 is 0 Å². The van der Waals surface area contributed by atoms with Crippen LogP contribution in [0, 0.1) is 5.92 Å². The number of nitrogens with one attached hydrogen (secondary N) is 1. The van der Waals surface area contributed by atoms with Crippen LogP contribution in [0.15, 0.2) is 41.2 Å². The van der Waals surface area contributed by atoms with Crippen LogP contribution in [0.5, 0.6) is 0 Å². The quantitative estimate of drug-likeness (QED) is 0.898. The molecule has 1 aromatic heterocycles. The lowest BCUT2D eigenvalue weighted by Crippen LogP contribution is -2.42. The number of H-pyrrole nitrogens is 1. The number of morpholine rings is 1. The van der Waals surface area contributed by atoms with Crippen molar-refractivity contribution in [2.24, 2.45) is 5.92 Å². The summed E-state index contributed by atoms with van der Waals surface area (Å²) in [7, 11) is 0. The van der Waals surface area contributed by atoms with E-state index in [9.17, 15) is 4.79 Å². The second kappa shape index (κ2) is 7.72. The Balaban J connectivity index is 1.60. The monoisotopic (exact) mass is 368 g/mol. The van der Waals surface area contributed by atoms with Crippen molar-refractivity contribution in [2.45, 2.75) is 38.8 Å². The highest BCUT2D eigenvalue weighted by molar-refractivity contribution is 5.46. The summed E-state index contributed by atoms with van der Waals surface area (Å²) in [5, 5.41) is 0. The average Bonchev–Trinajstić information content (AvgIpc) is 3.03. The molecular weight excluding hydrogens is 340 g/mol. The van der Waals surface area contributed by atoms with Gasteiger partial charge in [0, 0.05) is 31.7 Å². The summed E-state index contributed by atoms with van der Waals surface area (Å²) < 4.78 is 5.62. The number of aromatic nitrogens is 2. The summed E-state index contributed by atoms with van der Waals surface area (Å²) in [4.78, 5) is 24.6. The maximum Gasteiger partial charge on any atom is 0.254 e. The minimum Gasteiger partial charge on any atom is -0.375 e. The Morgan fingerprint density at radius 1 is 1.22 bits per heavy atom. The predicted octanol–water partition coefficient (Wildman–Crippen LogP) is 2.45. The maximum atomic E-state index is 12.4. The fraction of sp³-hybridized carbons (Fsp3) is 0.524. The number of benzene rings is 1. The van der Waals surface area contributed by atoms with Crippen molar-refractivity contribution >= 4 is 11.8 Å². The second-order valence-corrected chi connectivity index (χ2v) is 7.77. The highest BCUT2D eigenvalue weighted by Gasteiger charge is 2.33. The number of hydrogen-bond acceptors (Lipinski definition) is 5. The molecule has 0 amide bonds. The SMILES string of the molecule is C[C@@H]1CN(c2cc(=O)[nH]c(N3CC[C@H](C)[C@H]3Cc3ccccc3)n2)CCO1. The first-order chi connectivity index (χ1) is 13.1. The molecule has 0 saturated carbocycles. The molecule has 0 radical (unpaired) electrons. The molecule has 0 aliphatic carbocycles. The van der Waals surface area contributed by atoms with Gasteiger partial charge >= 0.3 is 0 Å². The van der Waals surface area contributed by atoms with Crippen LogP contribution in [-0.2, 0) is 11.2 Å². The Labute approximate surface area is 160 Å². The van der Waals surface area contributed by atoms with Crippen molar-refractivity contribution in [3.63, 3.8) is 0 Å². The van der Waals surface area contributed by atoms with Gasteiger partial charge < -0.3 is 14.5 Å². The fourth-order valence-electron chi connectivity index (χ4n) is 4.19. The molecule has 3 atom stereocenters. The summed E-state index contributed by atoms with van der Waals surface area (Å²) in [6.45, 7) is 7.47. The zero-order valence-corrected chi connectivity index (χ0v) is 16.1. The minimum atomic E-state index is -0.0906. The van der Waals surface area contributed by atoms with Crippen molar-refractivity contribution in [2.75, 3.05) is 36.0 Å². The molecule has 2 saturated heterocycles. The number of ether oxygens (including phenoxy) is 1. The van der Waals surface area contributed by atoms with Gasteiger partial charge in [0.25, 0.3) is 5.56 Å². The predicted molar refractivity (Wildman–Crippen MR) is 108 cm³/mol. The molecular formula is C21H28N4O2. The van der Waals surface area contributed by atoms with E-state index in [1.54, 1.807) is 6.07 Å². The molecule has 27 heavy (non-hydrogen) atoms. The van der Waals surface area contributed by atoms with E-state index in [1.807, 2.05) is 6.07 Å².